The number of anilines is 1. The van der Waals surface area contributed by atoms with Crippen molar-refractivity contribution in [2.75, 3.05) is 30.5 Å². The van der Waals surface area contributed by atoms with Gasteiger partial charge in [-0.25, -0.2) is 0 Å². The summed E-state index contributed by atoms with van der Waals surface area (Å²) in [6, 6.07) is 6.64. The minimum atomic E-state index is 0.499. The SMILES string of the molecule is CCNCc1ccc(Cl)cc1N(C)C(C)CSC. The molecule has 102 valence electrons. The molecule has 1 rings (SSSR count). The monoisotopic (exact) mass is 286 g/mol. The third kappa shape index (κ3) is 4.38. The third-order valence-electron chi connectivity index (χ3n) is 3.06. The van der Waals surface area contributed by atoms with Gasteiger partial charge in [-0.1, -0.05) is 24.6 Å². The summed E-state index contributed by atoms with van der Waals surface area (Å²) in [7, 11) is 2.14. The fourth-order valence-electron chi connectivity index (χ4n) is 1.86. The van der Waals surface area contributed by atoms with Gasteiger partial charge >= 0.3 is 0 Å². The molecular weight excluding hydrogens is 264 g/mol. The Morgan fingerprint density at radius 1 is 1.44 bits per heavy atom. The van der Waals surface area contributed by atoms with Crippen LogP contribution in [0.5, 0.6) is 0 Å². The lowest BCUT2D eigenvalue weighted by Crippen LogP contribution is -2.32. The molecule has 4 heteroatoms. The highest BCUT2D eigenvalue weighted by Crippen LogP contribution is 2.26. The Morgan fingerprint density at radius 3 is 2.78 bits per heavy atom. The zero-order valence-corrected chi connectivity index (χ0v) is 13.2. The maximum atomic E-state index is 6.12. The van der Waals surface area contributed by atoms with Crippen LogP contribution in [0.4, 0.5) is 5.69 Å². The van der Waals surface area contributed by atoms with Gasteiger partial charge in [-0.05, 0) is 37.4 Å². The first-order chi connectivity index (χ1) is 8.60. The number of halogens is 1. The van der Waals surface area contributed by atoms with Crippen LogP contribution in [0, 0.1) is 0 Å². The van der Waals surface area contributed by atoms with E-state index in [4.69, 9.17) is 11.6 Å². The predicted octanol–water partition coefficient (Wildman–Crippen LogP) is 3.64. The van der Waals surface area contributed by atoms with E-state index in [1.807, 2.05) is 17.8 Å². The van der Waals surface area contributed by atoms with Gasteiger partial charge in [0.25, 0.3) is 0 Å². The van der Waals surface area contributed by atoms with Crippen molar-refractivity contribution in [3.63, 3.8) is 0 Å². The first kappa shape index (κ1) is 15.7. The summed E-state index contributed by atoms with van der Waals surface area (Å²) in [5.74, 6) is 1.11. The van der Waals surface area contributed by atoms with E-state index in [0.29, 0.717) is 6.04 Å². The zero-order chi connectivity index (χ0) is 13.5. The van der Waals surface area contributed by atoms with Gasteiger partial charge in [-0.2, -0.15) is 11.8 Å². The third-order valence-corrected chi connectivity index (χ3v) is 4.11. The van der Waals surface area contributed by atoms with Crippen LogP contribution in [0.2, 0.25) is 5.02 Å². The van der Waals surface area contributed by atoms with Crippen molar-refractivity contribution in [2.45, 2.75) is 26.4 Å². The number of thioether (sulfide) groups is 1. The molecule has 0 saturated carbocycles. The van der Waals surface area contributed by atoms with E-state index in [1.54, 1.807) is 0 Å². The molecule has 1 aromatic rings. The van der Waals surface area contributed by atoms with Gasteiger partial charge in [-0.15, -0.1) is 0 Å². The predicted molar refractivity (Wildman–Crippen MR) is 85.1 cm³/mol. The molecule has 1 atom stereocenters. The van der Waals surface area contributed by atoms with Gasteiger partial charge in [0.05, 0.1) is 0 Å². The van der Waals surface area contributed by atoms with Gasteiger partial charge in [0.2, 0.25) is 0 Å². The summed E-state index contributed by atoms with van der Waals surface area (Å²) in [5, 5.41) is 4.17. The van der Waals surface area contributed by atoms with Crippen molar-refractivity contribution in [3.05, 3.63) is 28.8 Å². The van der Waals surface area contributed by atoms with Crippen LogP contribution in [0.15, 0.2) is 18.2 Å². The summed E-state index contributed by atoms with van der Waals surface area (Å²) in [6.07, 6.45) is 2.14. The summed E-state index contributed by atoms with van der Waals surface area (Å²) in [5.41, 5.74) is 2.53. The number of rotatable bonds is 7. The van der Waals surface area contributed by atoms with Crippen LogP contribution in [-0.4, -0.2) is 31.6 Å². The second-order valence-electron chi connectivity index (χ2n) is 4.47. The summed E-state index contributed by atoms with van der Waals surface area (Å²) < 4.78 is 0. The van der Waals surface area contributed by atoms with Gasteiger partial charge in [0.1, 0.15) is 0 Å². The average molecular weight is 287 g/mol. The molecule has 0 heterocycles. The fourth-order valence-corrected chi connectivity index (χ4v) is 2.74. The van der Waals surface area contributed by atoms with Crippen LogP contribution in [0.3, 0.4) is 0 Å². The maximum Gasteiger partial charge on any atom is 0.0426 e. The zero-order valence-electron chi connectivity index (χ0n) is 11.7. The van der Waals surface area contributed by atoms with Crippen molar-refractivity contribution in [1.29, 1.82) is 0 Å². The van der Waals surface area contributed by atoms with Crippen LogP contribution < -0.4 is 10.2 Å². The standard InChI is InChI=1S/C14H23ClN2S/c1-5-16-9-12-6-7-13(15)8-14(12)17(3)11(2)10-18-4/h6-8,11,16H,5,9-10H2,1-4H3. The van der Waals surface area contributed by atoms with E-state index < -0.39 is 0 Å². The van der Waals surface area contributed by atoms with Crippen molar-refractivity contribution < 1.29 is 0 Å². The van der Waals surface area contributed by atoms with Crippen LogP contribution in [-0.2, 0) is 6.54 Å². The molecule has 0 aliphatic carbocycles. The molecule has 2 nitrogen and oxygen atoms in total. The highest BCUT2D eigenvalue weighted by atomic mass is 35.5. The highest BCUT2D eigenvalue weighted by molar-refractivity contribution is 7.98. The Labute approximate surface area is 120 Å². The molecule has 18 heavy (non-hydrogen) atoms. The average Bonchev–Trinajstić information content (AvgIpc) is 2.36. The Balaban J connectivity index is 2.92. The van der Waals surface area contributed by atoms with Gasteiger partial charge < -0.3 is 10.2 Å². The Bertz CT molecular complexity index is 371. The van der Waals surface area contributed by atoms with Crippen molar-refractivity contribution in [2.24, 2.45) is 0 Å². The number of nitrogens with zero attached hydrogens (tertiary/aromatic N) is 1. The van der Waals surface area contributed by atoms with Crippen LogP contribution >= 0.6 is 23.4 Å². The van der Waals surface area contributed by atoms with Gasteiger partial charge in [0, 0.05) is 36.1 Å². The molecular formula is C14H23ClN2S. The normalized spacial score (nSPS) is 12.5. The smallest absolute Gasteiger partial charge is 0.0426 e. The van der Waals surface area contributed by atoms with Crippen molar-refractivity contribution in [1.82, 2.24) is 5.32 Å². The Hall–Kier alpha value is -0.380. The molecule has 0 amide bonds. The molecule has 0 aliphatic rings. The molecule has 0 fully saturated rings. The molecule has 1 aromatic carbocycles. The lowest BCUT2D eigenvalue weighted by Gasteiger charge is -2.29. The Kier molecular flexibility index (Phi) is 6.90. The molecule has 1 unspecified atom stereocenters. The topological polar surface area (TPSA) is 15.3 Å². The second kappa shape index (κ2) is 7.93. The van der Waals surface area contributed by atoms with Gasteiger partial charge in [0.15, 0.2) is 0 Å². The van der Waals surface area contributed by atoms with E-state index in [-0.39, 0.29) is 0 Å². The molecule has 0 aliphatic heterocycles. The molecule has 0 radical (unpaired) electrons. The molecule has 0 spiro atoms. The first-order valence-corrected chi connectivity index (χ1v) is 8.08. The van der Waals surface area contributed by atoms with E-state index >= 15 is 0 Å². The van der Waals surface area contributed by atoms with Crippen LogP contribution in [0.25, 0.3) is 0 Å². The van der Waals surface area contributed by atoms with Crippen molar-refractivity contribution >= 4 is 29.1 Å². The quantitative estimate of drug-likeness (QED) is 0.824. The Morgan fingerprint density at radius 2 is 2.17 bits per heavy atom. The van der Waals surface area contributed by atoms with Crippen LogP contribution in [0.1, 0.15) is 19.4 Å². The van der Waals surface area contributed by atoms with E-state index in [2.05, 4.69) is 49.5 Å². The summed E-state index contributed by atoms with van der Waals surface area (Å²) in [4.78, 5) is 2.31. The lowest BCUT2D eigenvalue weighted by molar-refractivity contribution is 0.712. The number of nitrogens with one attached hydrogen (secondary N) is 1. The summed E-state index contributed by atoms with van der Waals surface area (Å²) in [6.45, 7) is 6.23. The largest absolute Gasteiger partial charge is 0.371 e. The number of benzene rings is 1. The lowest BCUT2D eigenvalue weighted by atomic mass is 10.1. The van der Waals surface area contributed by atoms with Crippen molar-refractivity contribution in [3.8, 4) is 0 Å². The van der Waals surface area contributed by atoms with E-state index in [0.717, 1.165) is 23.9 Å². The van der Waals surface area contributed by atoms with E-state index in [1.165, 1.54) is 11.3 Å². The summed E-state index contributed by atoms with van der Waals surface area (Å²) >= 11 is 7.99. The minimum Gasteiger partial charge on any atom is -0.371 e. The first-order valence-electron chi connectivity index (χ1n) is 6.31. The molecule has 1 N–H and O–H groups in total. The fraction of sp³-hybridized carbons (Fsp3) is 0.571. The number of hydrogen-bond acceptors (Lipinski definition) is 3. The van der Waals surface area contributed by atoms with Gasteiger partial charge in [-0.3, -0.25) is 0 Å². The number of hydrogen-bond donors (Lipinski definition) is 1. The molecule has 0 saturated heterocycles. The second-order valence-corrected chi connectivity index (χ2v) is 5.82. The maximum absolute atomic E-state index is 6.12. The molecule has 0 bridgehead atoms. The highest BCUT2D eigenvalue weighted by Gasteiger charge is 2.13. The van der Waals surface area contributed by atoms with E-state index in [9.17, 15) is 0 Å². The minimum absolute atomic E-state index is 0.499. The molecule has 0 aromatic heterocycles.